The Morgan fingerprint density at radius 2 is 2.35 bits per heavy atom. The van der Waals surface area contributed by atoms with Crippen LogP contribution in [0.5, 0.6) is 0 Å². The van der Waals surface area contributed by atoms with Crippen molar-refractivity contribution in [2.75, 3.05) is 0 Å². The normalized spacial score (nSPS) is 11.1. The third-order valence-corrected chi connectivity index (χ3v) is 4.04. The first-order valence-corrected chi connectivity index (χ1v) is 7.19. The number of aromatic nitrogens is 4. The predicted octanol–water partition coefficient (Wildman–Crippen LogP) is 1.59. The van der Waals surface area contributed by atoms with E-state index < -0.39 is 0 Å². The van der Waals surface area contributed by atoms with Crippen LogP contribution >= 0.6 is 11.3 Å². The molecule has 3 rings (SSSR count). The molecule has 0 aliphatic rings. The van der Waals surface area contributed by atoms with E-state index in [1.165, 1.54) is 0 Å². The highest BCUT2D eigenvalue weighted by Crippen LogP contribution is 2.16. The number of imidazole rings is 1. The zero-order valence-corrected chi connectivity index (χ0v) is 12.1. The summed E-state index contributed by atoms with van der Waals surface area (Å²) in [6.45, 7) is 4.38. The summed E-state index contributed by atoms with van der Waals surface area (Å²) in [6.07, 6.45) is 4.04. The summed E-state index contributed by atoms with van der Waals surface area (Å²) in [4.78, 5) is 17.3. The summed E-state index contributed by atoms with van der Waals surface area (Å²) in [5.74, 6) is -0.00310. The fourth-order valence-electron chi connectivity index (χ4n) is 2.04. The van der Waals surface area contributed by atoms with Gasteiger partial charge in [-0.1, -0.05) is 0 Å². The minimum Gasteiger partial charge on any atom is -0.352 e. The topological polar surface area (TPSA) is 75.1 Å². The summed E-state index contributed by atoms with van der Waals surface area (Å²) in [7, 11) is 0. The number of amides is 1. The zero-order valence-electron chi connectivity index (χ0n) is 11.3. The van der Waals surface area contributed by atoms with Gasteiger partial charge in [-0.05, 0) is 13.8 Å². The van der Waals surface area contributed by atoms with Crippen LogP contribution in [0.1, 0.15) is 22.6 Å². The van der Waals surface area contributed by atoms with E-state index in [0.29, 0.717) is 13.0 Å². The monoisotopic (exact) mass is 289 g/mol. The molecule has 3 heterocycles. The van der Waals surface area contributed by atoms with Crippen LogP contribution in [0.2, 0.25) is 0 Å². The minimum absolute atomic E-state index is 0.00310. The molecule has 0 unspecified atom stereocenters. The lowest BCUT2D eigenvalue weighted by molar-refractivity contribution is -0.120. The lowest BCUT2D eigenvalue weighted by Gasteiger charge is -2.04. The maximum absolute atomic E-state index is 12.0. The van der Waals surface area contributed by atoms with Crippen molar-refractivity contribution in [1.82, 2.24) is 24.9 Å². The number of carbonyl (C=O) groups is 1. The van der Waals surface area contributed by atoms with Crippen molar-refractivity contribution in [2.45, 2.75) is 26.8 Å². The molecular weight excluding hydrogens is 274 g/mol. The molecule has 6 nitrogen and oxygen atoms in total. The van der Waals surface area contributed by atoms with E-state index >= 15 is 0 Å². The Morgan fingerprint density at radius 1 is 1.50 bits per heavy atom. The smallest absolute Gasteiger partial charge is 0.226 e. The van der Waals surface area contributed by atoms with Crippen molar-refractivity contribution in [1.29, 1.82) is 0 Å². The van der Waals surface area contributed by atoms with E-state index in [0.717, 1.165) is 27.6 Å². The molecule has 0 fully saturated rings. The molecule has 0 aliphatic heterocycles. The third-order valence-electron chi connectivity index (χ3n) is 3.16. The molecule has 0 saturated heterocycles. The zero-order chi connectivity index (χ0) is 14.1. The van der Waals surface area contributed by atoms with E-state index in [-0.39, 0.29) is 5.91 Å². The second-order valence-corrected chi connectivity index (χ2v) is 5.57. The highest BCUT2D eigenvalue weighted by atomic mass is 32.1. The van der Waals surface area contributed by atoms with Gasteiger partial charge >= 0.3 is 0 Å². The van der Waals surface area contributed by atoms with E-state index in [2.05, 4.69) is 20.5 Å². The summed E-state index contributed by atoms with van der Waals surface area (Å²) >= 11 is 1.55. The Bertz CT molecular complexity index is 754. The van der Waals surface area contributed by atoms with Gasteiger partial charge in [0.15, 0.2) is 4.96 Å². The van der Waals surface area contributed by atoms with Crippen LogP contribution in [0.4, 0.5) is 0 Å². The molecule has 0 bridgehead atoms. The molecule has 0 atom stereocenters. The van der Waals surface area contributed by atoms with Gasteiger partial charge in [-0.3, -0.25) is 14.3 Å². The van der Waals surface area contributed by atoms with Gasteiger partial charge in [0.25, 0.3) is 0 Å². The number of aryl methyl sites for hydroxylation is 2. The number of thiazole rings is 1. The summed E-state index contributed by atoms with van der Waals surface area (Å²) in [5.41, 5.74) is 3.92. The van der Waals surface area contributed by atoms with Crippen molar-refractivity contribution >= 4 is 22.2 Å². The predicted molar refractivity (Wildman–Crippen MR) is 76.7 cm³/mol. The van der Waals surface area contributed by atoms with E-state index in [4.69, 9.17) is 0 Å². The van der Waals surface area contributed by atoms with Crippen LogP contribution in [0.15, 0.2) is 17.8 Å². The molecule has 0 radical (unpaired) electrons. The SMILES string of the molecule is Cc1cn2c(CC(=O)NCc3cn[nH]c3C)csc2n1. The Kier molecular flexibility index (Phi) is 3.27. The maximum atomic E-state index is 12.0. The molecule has 7 heteroatoms. The number of hydrogen-bond acceptors (Lipinski definition) is 4. The second-order valence-electron chi connectivity index (χ2n) is 4.74. The molecule has 0 aliphatic carbocycles. The van der Waals surface area contributed by atoms with Crippen LogP contribution in [-0.4, -0.2) is 25.5 Å². The average Bonchev–Trinajstić information content (AvgIpc) is 3.06. The number of nitrogens with zero attached hydrogens (tertiary/aromatic N) is 3. The van der Waals surface area contributed by atoms with Gasteiger partial charge in [0, 0.05) is 35.1 Å². The lowest BCUT2D eigenvalue weighted by Crippen LogP contribution is -2.25. The number of carbonyl (C=O) groups excluding carboxylic acids is 1. The number of hydrogen-bond donors (Lipinski definition) is 2. The average molecular weight is 289 g/mol. The molecule has 3 aromatic rings. The van der Waals surface area contributed by atoms with E-state index in [9.17, 15) is 4.79 Å². The highest BCUT2D eigenvalue weighted by molar-refractivity contribution is 7.15. The van der Waals surface area contributed by atoms with Gasteiger partial charge in [0.05, 0.1) is 18.3 Å². The molecule has 0 aromatic carbocycles. The highest BCUT2D eigenvalue weighted by Gasteiger charge is 2.11. The van der Waals surface area contributed by atoms with E-state index in [1.807, 2.05) is 29.8 Å². The molecule has 3 aromatic heterocycles. The Morgan fingerprint density at radius 3 is 3.10 bits per heavy atom. The minimum atomic E-state index is -0.00310. The third kappa shape index (κ3) is 2.44. The van der Waals surface area contributed by atoms with E-state index in [1.54, 1.807) is 17.5 Å². The standard InChI is InChI=1S/C13H15N5OS/c1-8-6-18-11(7-20-13(18)16-8)3-12(19)14-4-10-5-15-17-9(10)2/h5-7H,3-4H2,1-2H3,(H,14,19)(H,15,17). The number of nitrogens with one attached hydrogen (secondary N) is 2. The van der Waals surface area contributed by atoms with Crippen molar-refractivity contribution in [3.05, 3.63) is 40.4 Å². The maximum Gasteiger partial charge on any atom is 0.226 e. The summed E-state index contributed by atoms with van der Waals surface area (Å²) in [6, 6.07) is 0. The number of aromatic amines is 1. The molecule has 20 heavy (non-hydrogen) atoms. The lowest BCUT2D eigenvalue weighted by atomic mass is 10.2. The first-order chi connectivity index (χ1) is 9.63. The Labute approximate surface area is 119 Å². The van der Waals surface area contributed by atoms with Crippen LogP contribution in [0.25, 0.3) is 4.96 Å². The van der Waals surface area contributed by atoms with Crippen molar-refractivity contribution in [3.8, 4) is 0 Å². The molecular formula is C13H15N5OS. The van der Waals surface area contributed by atoms with Gasteiger partial charge in [-0.15, -0.1) is 11.3 Å². The molecule has 104 valence electrons. The second kappa shape index (κ2) is 5.09. The van der Waals surface area contributed by atoms with Gasteiger partial charge in [0.1, 0.15) is 0 Å². The fraction of sp³-hybridized carbons (Fsp3) is 0.308. The van der Waals surface area contributed by atoms with Gasteiger partial charge < -0.3 is 5.32 Å². The van der Waals surface area contributed by atoms with Gasteiger partial charge in [0.2, 0.25) is 5.91 Å². The molecule has 0 saturated carbocycles. The van der Waals surface area contributed by atoms with Crippen LogP contribution in [0, 0.1) is 13.8 Å². The number of H-pyrrole nitrogens is 1. The van der Waals surface area contributed by atoms with Crippen LogP contribution in [0.3, 0.4) is 0 Å². The fourth-order valence-corrected chi connectivity index (χ4v) is 2.96. The Balaban J connectivity index is 1.65. The summed E-state index contributed by atoms with van der Waals surface area (Å²) in [5, 5.41) is 11.7. The Hall–Kier alpha value is -2.15. The number of fused-ring (bicyclic) bond motifs is 1. The first-order valence-electron chi connectivity index (χ1n) is 6.31. The number of rotatable bonds is 4. The van der Waals surface area contributed by atoms with Crippen molar-refractivity contribution in [2.24, 2.45) is 0 Å². The quantitative estimate of drug-likeness (QED) is 0.766. The van der Waals surface area contributed by atoms with Crippen molar-refractivity contribution in [3.63, 3.8) is 0 Å². The van der Waals surface area contributed by atoms with Gasteiger partial charge in [-0.25, -0.2) is 4.98 Å². The van der Waals surface area contributed by atoms with Crippen LogP contribution < -0.4 is 5.32 Å². The first kappa shape index (κ1) is 12.9. The molecule has 2 N–H and O–H groups in total. The van der Waals surface area contributed by atoms with Crippen LogP contribution in [-0.2, 0) is 17.8 Å². The van der Waals surface area contributed by atoms with Gasteiger partial charge in [-0.2, -0.15) is 5.10 Å². The molecule has 1 amide bonds. The largest absolute Gasteiger partial charge is 0.352 e. The molecule has 0 spiro atoms. The summed E-state index contributed by atoms with van der Waals surface area (Å²) < 4.78 is 1.97. The van der Waals surface area contributed by atoms with Crippen molar-refractivity contribution < 1.29 is 4.79 Å².